The van der Waals surface area contributed by atoms with Crippen LogP contribution < -0.4 is 4.90 Å². The maximum absolute atomic E-state index is 11.1. The topological polar surface area (TPSA) is 20.3 Å². The highest BCUT2D eigenvalue weighted by molar-refractivity contribution is 6.33. The molecule has 92 valence electrons. The lowest BCUT2D eigenvalue weighted by Crippen LogP contribution is -2.37. The van der Waals surface area contributed by atoms with Gasteiger partial charge in [-0.2, -0.15) is 0 Å². The van der Waals surface area contributed by atoms with Crippen LogP contribution in [0.15, 0.2) is 18.2 Å². The van der Waals surface area contributed by atoms with E-state index >= 15 is 0 Å². The molecule has 0 atom stereocenters. The Kier molecular flexibility index (Phi) is 3.43. The average Bonchev–Trinajstić information content (AvgIpc) is 2.29. The molecule has 2 rings (SSSR count). The zero-order valence-electron chi connectivity index (χ0n) is 10.4. The fraction of sp³-hybridized carbons (Fsp3) is 0.500. The average molecular weight is 252 g/mol. The summed E-state index contributed by atoms with van der Waals surface area (Å²) in [4.78, 5) is 13.3. The Labute approximate surface area is 108 Å². The molecule has 2 nitrogen and oxygen atoms in total. The van der Waals surface area contributed by atoms with Crippen molar-refractivity contribution >= 4 is 23.6 Å². The van der Waals surface area contributed by atoms with Crippen molar-refractivity contribution < 1.29 is 4.79 Å². The molecule has 0 amide bonds. The van der Waals surface area contributed by atoms with Gasteiger partial charge in [0.2, 0.25) is 0 Å². The third kappa shape index (κ3) is 2.63. The first-order chi connectivity index (χ1) is 8.03. The van der Waals surface area contributed by atoms with E-state index in [0.29, 0.717) is 16.0 Å². The van der Waals surface area contributed by atoms with Crippen LogP contribution in [0.25, 0.3) is 0 Å². The Bertz CT molecular complexity index is 418. The van der Waals surface area contributed by atoms with E-state index < -0.39 is 0 Å². The van der Waals surface area contributed by atoms with Crippen LogP contribution in [0.2, 0.25) is 5.02 Å². The van der Waals surface area contributed by atoms with Gasteiger partial charge in [-0.05, 0) is 30.4 Å². The summed E-state index contributed by atoms with van der Waals surface area (Å²) < 4.78 is 0. The third-order valence-electron chi connectivity index (χ3n) is 3.58. The fourth-order valence-electron chi connectivity index (χ4n) is 2.30. The molecule has 1 aliphatic heterocycles. The van der Waals surface area contributed by atoms with Crippen molar-refractivity contribution in [1.29, 1.82) is 0 Å². The number of rotatable bonds is 2. The number of benzene rings is 1. The maximum Gasteiger partial charge on any atom is 0.152 e. The van der Waals surface area contributed by atoms with Crippen molar-refractivity contribution in [1.82, 2.24) is 0 Å². The van der Waals surface area contributed by atoms with Crippen LogP contribution in [0.3, 0.4) is 0 Å². The van der Waals surface area contributed by atoms with Crippen LogP contribution in [-0.2, 0) is 0 Å². The van der Waals surface area contributed by atoms with Gasteiger partial charge in [0.15, 0.2) is 6.29 Å². The number of anilines is 1. The Hall–Kier alpha value is -1.02. The van der Waals surface area contributed by atoms with E-state index in [-0.39, 0.29) is 0 Å². The summed E-state index contributed by atoms with van der Waals surface area (Å²) in [6.45, 7) is 6.52. The smallest absolute Gasteiger partial charge is 0.152 e. The largest absolute Gasteiger partial charge is 0.370 e. The van der Waals surface area contributed by atoms with Crippen LogP contribution in [-0.4, -0.2) is 19.4 Å². The zero-order valence-corrected chi connectivity index (χ0v) is 11.1. The van der Waals surface area contributed by atoms with Gasteiger partial charge in [-0.1, -0.05) is 31.5 Å². The quantitative estimate of drug-likeness (QED) is 0.746. The van der Waals surface area contributed by atoms with Crippen molar-refractivity contribution in [3.8, 4) is 0 Å². The molecule has 1 fully saturated rings. The number of hydrogen-bond donors (Lipinski definition) is 0. The molecular formula is C14H18ClNO. The molecule has 1 saturated heterocycles. The summed E-state index contributed by atoms with van der Waals surface area (Å²) in [6, 6.07) is 5.50. The second-order valence-corrected chi connectivity index (χ2v) is 5.85. The second-order valence-electron chi connectivity index (χ2n) is 5.45. The van der Waals surface area contributed by atoms with Crippen molar-refractivity contribution in [3.63, 3.8) is 0 Å². The Morgan fingerprint density at radius 3 is 2.53 bits per heavy atom. The monoisotopic (exact) mass is 251 g/mol. The van der Waals surface area contributed by atoms with Gasteiger partial charge >= 0.3 is 0 Å². The summed E-state index contributed by atoms with van der Waals surface area (Å²) in [5.74, 6) is 0. The molecule has 3 heteroatoms. The summed E-state index contributed by atoms with van der Waals surface area (Å²) in [5.41, 5.74) is 2.00. The molecule has 0 radical (unpaired) electrons. The molecule has 1 aromatic rings. The first kappa shape index (κ1) is 12.4. The van der Waals surface area contributed by atoms with Gasteiger partial charge in [-0.15, -0.1) is 0 Å². The molecule has 1 aromatic carbocycles. The summed E-state index contributed by atoms with van der Waals surface area (Å²) in [6.07, 6.45) is 3.16. The summed E-state index contributed by atoms with van der Waals surface area (Å²) in [7, 11) is 0. The maximum atomic E-state index is 11.1. The summed E-state index contributed by atoms with van der Waals surface area (Å²) in [5, 5.41) is 0.675. The first-order valence-electron chi connectivity index (χ1n) is 6.02. The highest BCUT2D eigenvalue weighted by atomic mass is 35.5. The normalized spacial score (nSPS) is 19.1. The zero-order chi connectivity index (χ0) is 12.5. The Morgan fingerprint density at radius 2 is 1.94 bits per heavy atom. The van der Waals surface area contributed by atoms with Crippen molar-refractivity contribution in [2.24, 2.45) is 5.41 Å². The van der Waals surface area contributed by atoms with E-state index in [4.69, 9.17) is 11.6 Å². The van der Waals surface area contributed by atoms with Crippen LogP contribution in [0, 0.1) is 5.41 Å². The standard InChI is InChI=1S/C14H18ClNO/c1-14(2)6-8-16(9-7-14)13-11(10-17)4-3-5-12(13)15/h3-5,10H,6-9H2,1-2H3. The van der Waals surface area contributed by atoms with Crippen molar-refractivity contribution in [2.75, 3.05) is 18.0 Å². The van der Waals surface area contributed by atoms with E-state index in [1.54, 1.807) is 0 Å². The lowest BCUT2D eigenvalue weighted by Gasteiger charge is -2.39. The van der Waals surface area contributed by atoms with Gasteiger partial charge in [0.25, 0.3) is 0 Å². The predicted octanol–water partition coefficient (Wildman–Crippen LogP) is 3.78. The molecule has 0 aromatic heterocycles. The second kappa shape index (κ2) is 4.69. The Balaban J connectivity index is 2.26. The third-order valence-corrected chi connectivity index (χ3v) is 3.88. The van der Waals surface area contributed by atoms with Crippen LogP contribution in [0.5, 0.6) is 0 Å². The van der Waals surface area contributed by atoms with Gasteiger partial charge in [0.1, 0.15) is 0 Å². The molecule has 0 spiro atoms. The van der Waals surface area contributed by atoms with Gasteiger partial charge in [-0.25, -0.2) is 0 Å². The minimum absolute atomic E-state index is 0.402. The van der Waals surface area contributed by atoms with Gasteiger partial charge in [-0.3, -0.25) is 4.79 Å². The van der Waals surface area contributed by atoms with Crippen LogP contribution in [0.4, 0.5) is 5.69 Å². The predicted molar refractivity (Wildman–Crippen MR) is 72.1 cm³/mol. The Morgan fingerprint density at radius 1 is 1.29 bits per heavy atom. The lowest BCUT2D eigenvalue weighted by molar-refractivity contribution is 0.112. The van der Waals surface area contributed by atoms with E-state index in [9.17, 15) is 4.79 Å². The van der Waals surface area contributed by atoms with E-state index in [2.05, 4.69) is 18.7 Å². The molecule has 0 N–H and O–H groups in total. The minimum atomic E-state index is 0.402. The lowest BCUT2D eigenvalue weighted by atomic mass is 9.82. The molecule has 1 aliphatic rings. The number of aldehydes is 1. The van der Waals surface area contributed by atoms with E-state index in [0.717, 1.165) is 37.9 Å². The highest BCUT2D eigenvalue weighted by Gasteiger charge is 2.27. The van der Waals surface area contributed by atoms with Gasteiger partial charge in [0, 0.05) is 18.7 Å². The molecule has 0 saturated carbocycles. The van der Waals surface area contributed by atoms with Crippen LogP contribution >= 0.6 is 11.6 Å². The first-order valence-corrected chi connectivity index (χ1v) is 6.40. The van der Waals surface area contributed by atoms with Crippen LogP contribution in [0.1, 0.15) is 37.0 Å². The van der Waals surface area contributed by atoms with E-state index in [1.165, 1.54) is 0 Å². The summed E-state index contributed by atoms with van der Waals surface area (Å²) >= 11 is 6.21. The van der Waals surface area contributed by atoms with Crippen molar-refractivity contribution in [2.45, 2.75) is 26.7 Å². The van der Waals surface area contributed by atoms with Gasteiger partial charge in [0.05, 0.1) is 10.7 Å². The highest BCUT2D eigenvalue weighted by Crippen LogP contribution is 2.36. The number of para-hydroxylation sites is 1. The minimum Gasteiger partial charge on any atom is -0.370 e. The number of carbonyl (C=O) groups excluding carboxylic acids is 1. The molecule has 17 heavy (non-hydrogen) atoms. The van der Waals surface area contributed by atoms with Crippen molar-refractivity contribution in [3.05, 3.63) is 28.8 Å². The molecule has 0 aliphatic carbocycles. The van der Waals surface area contributed by atoms with E-state index in [1.807, 2.05) is 18.2 Å². The van der Waals surface area contributed by atoms with Gasteiger partial charge < -0.3 is 4.90 Å². The molecular weight excluding hydrogens is 234 g/mol. The fourth-order valence-corrected chi connectivity index (χ4v) is 2.60. The molecule has 0 unspecified atom stereocenters. The number of halogens is 1. The number of nitrogens with zero attached hydrogens (tertiary/aromatic N) is 1. The number of carbonyl (C=O) groups is 1. The number of hydrogen-bond acceptors (Lipinski definition) is 2. The molecule has 0 bridgehead atoms. The number of piperidine rings is 1. The molecule has 1 heterocycles. The SMILES string of the molecule is CC1(C)CCN(c2c(Cl)cccc2C=O)CC1.